The van der Waals surface area contributed by atoms with E-state index in [0.717, 1.165) is 0 Å². The van der Waals surface area contributed by atoms with Gasteiger partial charge < -0.3 is 93.1 Å². The predicted octanol–water partition coefficient (Wildman–Crippen LogP) is -12.0. The van der Waals surface area contributed by atoms with Crippen LogP contribution in [0.2, 0.25) is 0 Å². The molecule has 0 unspecified atom stereocenters. The minimum atomic E-state index is -3.37. The Morgan fingerprint density at radius 2 is 0.273 bits per heavy atom. The van der Waals surface area contributed by atoms with E-state index in [1.807, 2.05) is 0 Å². The number of rotatable bonds is 0. The maximum Gasteiger partial charge on any atom is 2.00 e. The molecule has 22 heteroatoms. The summed E-state index contributed by atoms with van der Waals surface area (Å²) in [6.07, 6.45) is 0. The van der Waals surface area contributed by atoms with E-state index in [2.05, 4.69) is 0 Å². The van der Waals surface area contributed by atoms with Crippen LogP contribution in [0.5, 0.6) is 0 Å². The summed E-state index contributed by atoms with van der Waals surface area (Å²) in [7, 11) is -13.5. The van der Waals surface area contributed by atoms with Crippen LogP contribution in [-0.2, 0) is 58.4 Å². The zero-order chi connectivity index (χ0) is 14.3. The predicted molar refractivity (Wildman–Crippen MR) is 44.9 cm³/mol. The molecular weight excluding hydrogens is 632 g/mol. The van der Waals surface area contributed by atoms with E-state index >= 15 is 0 Å². The van der Waals surface area contributed by atoms with Crippen molar-refractivity contribution >= 4 is 148 Å². The van der Waals surface area contributed by atoms with Gasteiger partial charge in [-0.1, -0.05) is 0 Å². The van der Waals surface area contributed by atoms with E-state index in [4.69, 9.17) is 58.7 Å². The summed E-state index contributed by atoms with van der Waals surface area (Å²) in [4.78, 5) is 102. The first-order valence-corrected chi connectivity index (χ1v) is 6.57. The third-order valence-corrected chi connectivity index (χ3v) is 0. The molecule has 0 saturated heterocycles. The molecule has 0 aromatic rings. The fourth-order valence-electron chi connectivity index (χ4n) is 0. The Morgan fingerprint density at radius 3 is 0.273 bits per heavy atom. The van der Waals surface area contributed by atoms with E-state index < -0.39 is 34.4 Å². The van der Waals surface area contributed by atoms with Gasteiger partial charge in [-0.25, -0.2) is 0 Å². The maximum absolute atomic E-state index is 8.48. The van der Waals surface area contributed by atoms with Crippen LogP contribution in [0.15, 0.2) is 0 Å². The summed E-state index contributed by atoms with van der Waals surface area (Å²) in [5.41, 5.74) is 0. The van der Waals surface area contributed by atoms with E-state index in [0.29, 0.717) is 0 Å². The Morgan fingerprint density at radius 1 is 0.273 bits per heavy atom. The average molecular weight is 632 g/mol. The first-order chi connectivity index (χ1) is 6.93. The van der Waals surface area contributed by atoms with Gasteiger partial charge in [-0.15, -0.1) is 0 Å². The molecule has 12 nitrogen and oxygen atoms in total. The molecule has 0 saturated carbocycles. The molecule has 0 amide bonds. The normalized spacial score (nSPS) is 6.55. The Balaban J connectivity index is -0.00000001000. The van der Waals surface area contributed by atoms with E-state index in [9.17, 15) is 0 Å². The van der Waals surface area contributed by atoms with Crippen LogP contribution in [-0.4, -0.2) is 113 Å². The molecule has 0 atom stereocenters. The maximum atomic E-state index is 8.48. The Bertz CT molecular complexity index is 80.6. The van der Waals surface area contributed by atoms with E-state index in [1.54, 1.807) is 0 Å². The van der Waals surface area contributed by atoms with Gasteiger partial charge >= 0.3 is 172 Å². The molecule has 0 radical (unpaired) electrons. The second-order valence-electron chi connectivity index (χ2n) is 0.894. The second-order valence-corrected chi connectivity index (χ2v) is 2.68. The van der Waals surface area contributed by atoms with Gasteiger partial charge in [-0.05, 0) is 0 Å². The average Bonchev–Trinajstić information content (AvgIpc) is 1.76. The van der Waals surface area contributed by atoms with Crippen molar-refractivity contribution in [2.24, 2.45) is 0 Å². The SMILES string of the molecule is [Ca+2].[Ca+2].[Ca+2].[O-]P([O-])[O-].[O-]P([O-])[O-].[O-]P([O-])[O-].[O-]P([O-])[O-].[Zn+2].[Zn+2].[Zn+2]. The molecule has 0 fully saturated rings. The van der Waals surface area contributed by atoms with Crippen molar-refractivity contribution in [2.75, 3.05) is 0 Å². The van der Waals surface area contributed by atoms with Crippen LogP contribution in [0.3, 0.4) is 0 Å². The second kappa shape index (κ2) is 56.5. The fourth-order valence-corrected chi connectivity index (χ4v) is 0. The van der Waals surface area contributed by atoms with Crippen molar-refractivity contribution in [3.8, 4) is 0 Å². The van der Waals surface area contributed by atoms with Gasteiger partial charge in [0.25, 0.3) is 0 Å². The molecule has 0 aliphatic rings. The van der Waals surface area contributed by atoms with Crippen molar-refractivity contribution in [3.63, 3.8) is 0 Å². The first-order valence-electron chi connectivity index (χ1n) is 2.19. The van der Waals surface area contributed by atoms with Crippen molar-refractivity contribution in [1.29, 1.82) is 0 Å². The summed E-state index contributed by atoms with van der Waals surface area (Å²) < 4.78 is 0. The van der Waals surface area contributed by atoms with Crippen LogP contribution >= 0.6 is 34.4 Å². The third-order valence-electron chi connectivity index (χ3n) is 0. The topological polar surface area (TPSA) is 277 Å². The number of hydrogen-bond donors (Lipinski definition) is 0. The summed E-state index contributed by atoms with van der Waals surface area (Å²) in [5.74, 6) is 0. The summed E-state index contributed by atoms with van der Waals surface area (Å²) in [5, 5.41) is 0. The molecule has 0 heterocycles. The molecule has 104 valence electrons. The molecule has 0 aliphatic carbocycles. The quantitative estimate of drug-likeness (QED) is 0.178. The zero-order valence-corrected chi connectivity index (χ0v) is 30.0. The van der Waals surface area contributed by atoms with Crippen LogP contribution in [0.1, 0.15) is 0 Å². The molecule has 0 rings (SSSR count). The van der Waals surface area contributed by atoms with Crippen molar-refractivity contribution < 1.29 is 117 Å². The fraction of sp³-hybridized carbons (Fsp3) is 0. The Labute approximate surface area is 259 Å². The van der Waals surface area contributed by atoms with Crippen molar-refractivity contribution in [1.82, 2.24) is 0 Å². The monoisotopic (exact) mass is 628 g/mol. The molecule has 22 heavy (non-hydrogen) atoms. The van der Waals surface area contributed by atoms with Gasteiger partial charge in [-0.3, -0.25) is 0 Å². The van der Waals surface area contributed by atoms with E-state index in [-0.39, 0.29) is 172 Å². The molecule has 0 bridgehead atoms. The standard InChI is InChI=1S/3Ca.4O3P.3Zn/c;;;4*1-4(2)3;;;/q3*+2;4*-3;3*+2. The van der Waals surface area contributed by atoms with Crippen LogP contribution in [0.4, 0.5) is 0 Å². The van der Waals surface area contributed by atoms with Gasteiger partial charge in [0.2, 0.25) is 0 Å². The molecule has 0 spiro atoms. The molecule has 0 aromatic carbocycles. The van der Waals surface area contributed by atoms with Gasteiger partial charge in [-0.2, -0.15) is 0 Å². The third kappa shape index (κ3) is 380. The molecule has 0 N–H and O–H groups in total. The Hall–Kier alpha value is 6.89. The zero-order valence-electron chi connectivity index (χ0n) is 10.9. The molecule has 0 aliphatic heterocycles. The van der Waals surface area contributed by atoms with Gasteiger partial charge in [0.1, 0.15) is 0 Å². The largest absolute Gasteiger partial charge is 2.00 e. The van der Waals surface area contributed by atoms with Crippen LogP contribution in [0, 0.1) is 0 Å². The van der Waals surface area contributed by atoms with Crippen LogP contribution in [0.25, 0.3) is 0 Å². The number of hydrogen-bond acceptors (Lipinski definition) is 12. The first kappa shape index (κ1) is 63.0. The van der Waals surface area contributed by atoms with Crippen molar-refractivity contribution in [3.05, 3.63) is 0 Å². The van der Waals surface area contributed by atoms with Crippen molar-refractivity contribution in [2.45, 2.75) is 0 Å². The minimum absolute atomic E-state index is 0. The Kier molecular flexibility index (Phi) is 162. The van der Waals surface area contributed by atoms with Gasteiger partial charge in [0.05, 0.1) is 0 Å². The summed E-state index contributed by atoms with van der Waals surface area (Å²) in [6.45, 7) is 0. The smallest absolute Gasteiger partial charge is 0.854 e. The molecular formula is Ca3O12P4Zn3. The van der Waals surface area contributed by atoms with E-state index in [1.165, 1.54) is 0 Å². The van der Waals surface area contributed by atoms with Gasteiger partial charge in [0, 0.05) is 0 Å². The van der Waals surface area contributed by atoms with Crippen LogP contribution < -0.4 is 58.7 Å². The van der Waals surface area contributed by atoms with Gasteiger partial charge in [0.15, 0.2) is 0 Å². The minimum Gasteiger partial charge on any atom is -0.854 e. The molecule has 0 aromatic heterocycles. The summed E-state index contributed by atoms with van der Waals surface area (Å²) in [6, 6.07) is 0. The summed E-state index contributed by atoms with van der Waals surface area (Å²) >= 11 is 0.